The number of aliphatic hydroxyl groups excluding tert-OH is 1. The average Bonchev–Trinajstić information content (AvgIpc) is 2.47. The van der Waals surface area contributed by atoms with Crippen molar-refractivity contribution in [2.24, 2.45) is 0 Å². The number of anilines is 2. The van der Waals surface area contributed by atoms with Crippen LogP contribution in [0.15, 0.2) is 6.33 Å². The maximum atomic E-state index is 10.2. The molecule has 1 aliphatic carbocycles. The molecular formula is C15H26N4O. The molecule has 5 nitrogen and oxygen atoms in total. The molecule has 0 bridgehead atoms. The molecule has 0 aliphatic heterocycles. The second-order valence-electron chi connectivity index (χ2n) is 5.44. The third-order valence-electron chi connectivity index (χ3n) is 4.15. The van der Waals surface area contributed by atoms with Crippen molar-refractivity contribution in [3.05, 3.63) is 11.9 Å². The lowest BCUT2D eigenvalue weighted by Crippen LogP contribution is -2.44. The zero-order chi connectivity index (χ0) is 14.5. The van der Waals surface area contributed by atoms with Crippen LogP contribution in [0.2, 0.25) is 0 Å². The molecule has 20 heavy (non-hydrogen) atoms. The van der Waals surface area contributed by atoms with E-state index in [9.17, 15) is 5.11 Å². The predicted octanol–water partition coefficient (Wildman–Crippen LogP) is 2.21. The van der Waals surface area contributed by atoms with Crippen molar-refractivity contribution >= 4 is 11.6 Å². The van der Waals surface area contributed by atoms with Crippen LogP contribution in [0.1, 0.15) is 45.1 Å². The summed E-state index contributed by atoms with van der Waals surface area (Å²) >= 11 is 0. The summed E-state index contributed by atoms with van der Waals surface area (Å²) in [4.78, 5) is 10.9. The summed E-state index contributed by atoms with van der Waals surface area (Å²) in [6.45, 7) is 5.03. The Morgan fingerprint density at radius 3 is 2.70 bits per heavy atom. The van der Waals surface area contributed by atoms with Gasteiger partial charge in [0.2, 0.25) is 0 Å². The minimum absolute atomic E-state index is 0.165. The Balaban J connectivity index is 2.28. The van der Waals surface area contributed by atoms with Gasteiger partial charge in [0.1, 0.15) is 18.0 Å². The van der Waals surface area contributed by atoms with E-state index in [4.69, 9.17) is 0 Å². The van der Waals surface area contributed by atoms with Crippen molar-refractivity contribution in [3.63, 3.8) is 0 Å². The molecule has 1 fully saturated rings. The Morgan fingerprint density at radius 1 is 1.30 bits per heavy atom. The molecule has 1 heterocycles. The molecule has 2 atom stereocenters. The first-order valence-corrected chi connectivity index (χ1v) is 7.67. The molecule has 2 N–H and O–H groups in total. The number of hydrogen-bond acceptors (Lipinski definition) is 5. The number of aromatic nitrogens is 2. The number of likely N-dealkylation sites (N-methyl/N-ethyl adjacent to an activating group) is 1. The van der Waals surface area contributed by atoms with E-state index in [2.05, 4.69) is 34.0 Å². The van der Waals surface area contributed by atoms with E-state index in [1.54, 1.807) is 6.33 Å². The summed E-state index contributed by atoms with van der Waals surface area (Å²) in [5.41, 5.74) is 1.13. The number of rotatable bonds is 5. The SMILES string of the molecule is CCNc1ncnc(N(C)C2CCCCC2O)c1CC. The van der Waals surface area contributed by atoms with Gasteiger partial charge in [0.15, 0.2) is 0 Å². The van der Waals surface area contributed by atoms with Gasteiger partial charge in [0, 0.05) is 19.2 Å². The molecule has 1 saturated carbocycles. The fourth-order valence-electron chi connectivity index (χ4n) is 3.05. The summed E-state index contributed by atoms with van der Waals surface area (Å²) in [5.74, 6) is 1.86. The standard InChI is InChI=1S/C15H26N4O/c1-4-11-14(16-5-2)17-10-18-15(11)19(3)12-8-6-7-9-13(12)20/h10,12-13,20H,4-9H2,1-3H3,(H,16,17,18). The van der Waals surface area contributed by atoms with Crippen LogP contribution >= 0.6 is 0 Å². The van der Waals surface area contributed by atoms with Gasteiger partial charge in [-0.15, -0.1) is 0 Å². The Kier molecular flexibility index (Phi) is 5.17. The topological polar surface area (TPSA) is 61.3 Å². The van der Waals surface area contributed by atoms with Crippen molar-refractivity contribution in [2.45, 2.75) is 58.1 Å². The van der Waals surface area contributed by atoms with Crippen molar-refractivity contribution in [1.29, 1.82) is 0 Å². The summed E-state index contributed by atoms with van der Waals surface area (Å²) in [6, 6.07) is 0.165. The highest BCUT2D eigenvalue weighted by Gasteiger charge is 2.28. The van der Waals surface area contributed by atoms with E-state index in [0.29, 0.717) is 0 Å². The lowest BCUT2D eigenvalue weighted by molar-refractivity contribution is 0.106. The monoisotopic (exact) mass is 278 g/mol. The van der Waals surface area contributed by atoms with Crippen molar-refractivity contribution < 1.29 is 5.11 Å². The van der Waals surface area contributed by atoms with Gasteiger partial charge in [-0.2, -0.15) is 0 Å². The molecule has 1 aliphatic rings. The summed E-state index contributed by atoms with van der Waals surface area (Å²) in [6.07, 6.45) is 6.46. The molecule has 0 radical (unpaired) electrons. The largest absolute Gasteiger partial charge is 0.391 e. The first kappa shape index (κ1) is 15.0. The van der Waals surface area contributed by atoms with E-state index in [1.165, 1.54) is 6.42 Å². The fourth-order valence-corrected chi connectivity index (χ4v) is 3.05. The smallest absolute Gasteiger partial charge is 0.137 e. The van der Waals surface area contributed by atoms with Gasteiger partial charge in [-0.1, -0.05) is 19.8 Å². The lowest BCUT2D eigenvalue weighted by Gasteiger charge is -2.36. The van der Waals surface area contributed by atoms with Gasteiger partial charge < -0.3 is 15.3 Å². The minimum atomic E-state index is -0.254. The maximum absolute atomic E-state index is 10.2. The molecule has 2 rings (SSSR count). The normalized spacial score (nSPS) is 22.6. The molecule has 0 saturated heterocycles. The van der Waals surface area contributed by atoms with Crippen LogP contribution in [0.4, 0.5) is 11.6 Å². The second-order valence-corrected chi connectivity index (χ2v) is 5.44. The van der Waals surface area contributed by atoms with Crippen LogP contribution in [-0.4, -0.2) is 40.8 Å². The molecule has 0 aromatic carbocycles. The Morgan fingerprint density at radius 2 is 2.05 bits per heavy atom. The summed E-state index contributed by atoms with van der Waals surface area (Å²) in [7, 11) is 2.04. The first-order valence-electron chi connectivity index (χ1n) is 7.67. The second kappa shape index (κ2) is 6.88. The van der Waals surface area contributed by atoms with Gasteiger partial charge in [-0.3, -0.25) is 0 Å². The van der Waals surface area contributed by atoms with Crippen molar-refractivity contribution in [1.82, 2.24) is 9.97 Å². The highest BCUT2D eigenvalue weighted by Crippen LogP contribution is 2.29. The van der Waals surface area contributed by atoms with Gasteiger partial charge in [-0.25, -0.2) is 9.97 Å². The minimum Gasteiger partial charge on any atom is -0.391 e. The maximum Gasteiger partial charge on any atom is 0.137 e. The number of hydrogen-bond donors (Lipinski definition) is 2. The number of aliphatic hydroxyl groups is 1. The zero-order valence-corrected chi connectivity index (χ0v) is 12.8. The van der Waals surface area contributed by atoms with E-state index in [1.807, 2.05) is 7.05 Å². The molecule has 112 valence electrons. The highest BCUT2D eigenvalue weighted by molar-refractivity contribution is 5.59. The average molecular weight is 278 g/mol. The molecular weight excluding hydrogens is 252 g/mol. The zero-order valence-electron chi connectivity index (χ0n) is 12.8. The van der Waals surface area contributed by atoms with Crippen LogP contribution in [0, 0.1) is 0 Å². The first-order chi connectivity index (χ1) is 9.69. The summed E-state index contributed by atoms with van der Waals surface area (Å²) < 4.78 is 0. The quantitative estimate of drug-likeness (QED) is 0.864. The predicted molar refractivity (Wildman–Crippen MR) is 82.2 cm³/mol. The molecule has 0 spiro atoms. The Bertz CT molecular complexity index is 438. The number of nitrogens with one attached hydrogen (secondary N) is 1. The third kappa shape index (κ3) is 3.03. The third-order valence-corrected chi connectivity index (χ3v) is 4.15. The van der Waals surface area contributed by atoms with Crippen LogP contribution in [0.5, 0.6) is 0 Å². The van der Waals surface area contributed by atoms with Crippen LogP contribution in [0.3, 0.4) is 0 Å². The van der Waals surface area contributed by atoms with Crippen LogP contribution in [-0.2, 0) is 6.42 Å². The molecule has 1 aromatic rings. The van der Waals surface area contributed by atoms with Crippen LogP contribution < -0.4 is 10.2 Å². The number of nitrogens with zero attached hydrogens (tertiary/aromatic N) is 3. The molecule has 2 unspecified atom stereocenters. The van der Waals surface area contributed by atoms with E-state index >= 15 is 0 Å². The molecule has 1 aromatic heterocycles. The Labute approximate surface area is 121 Å². The van der Waals surface area contributed by atoms with Gasteiger partial charge in [0.05, 0.1) is 12.1 Å². The van der Waals surface area contributed by atoms with E-state index in [-0.39, 0.29) is 12.1 Å². The van der Waals surface area contributed by atoms with Crippen molar-refractivity contribution in [3.8, 4) is 0 Å². The Hall–Kier alpha value is -1.36. The van der Waals surface area contributed by atoms with Gasteiger partial charge in [0.25, 0.3) is 0 Å². The van der Waals surface area contributed by atoms with Gasteiger partial charge in [-0.05, 0) is 26.2 Å². The van der Waals surface area contributed by atoms with Crippen LogP contribution in [0.25, 0.3) is 0 Å². The lowest BCUT2D eigenvalue weighted by atomic mass is 9.91. The van der Waals surface area contributed by atoms with Gasteiger partial charge >= 0.3 is 0 Å². The summed E-state index contributed by atoms with van der Waals surface area (Å²) in [5, 5.41) is 13.5. The van der Waals surface area contributed by atoms with E-state index in [0.717, 1.165) is 49.4 Å². The fraction of sp³-hybridized carbons (Fsp3) is 0.733. The van der Waals surface area contributed by atoms with Crippen molar-refractivity contribution in [2.75, 3.05) is 23.8 Å². The van der Waals surface area contributed by atoms with E-state index < -0.39 is 0 Å². The molecule has 5 heteroatoms. The molecule has 0 amide bonds. The highest BCUT2D eigenvalue weighted by atomic mass is 16.3.